The molecule has 0 heterocycles. The Bertz CT molecular complexity index is 739. The summed E-state index contributed by atoms with van der Waals surface area (Å²) in [5.41, 5.74) is 1.68. The average molecular weight is 439 g/mol. The SMILES string of the molecule is CC(CCC(C)C(F)(F)F)C1CCC2C3C(=O)C=C4C[C@H](C)CCC4(C)C3CCC12C. The summed E-state index contributed by atoms with van der Waals surface area (Å²) < 4.78 is 39.0. The minimum absolute atomic E-state index is 0.0986. The molecule has 4 rings (SSSR count). The van der Waals surface area contributed by atoms with E-state index in [4.69, 9.17) is 0 Å². The summed E-state index contributed by atoms with van der Waals surface area (Å²) in [6, 6.07) is 0. The van der Waals surface area contributed by atoms with Gasteiger partial charge in [0, 0.05) is 5.92 Å². The summed E-state index contributed by atoms with van der Waals surface area (Å²) in [6.45, 7) is 10.6. The second-order valence-corrected chi connectivity index (χ2v) is 12.3. The maximum atomic E-state index is 13.4. The molecular weight excluding hydrogens is 397 g/mol. The van der Waals surface area contributed by atoms with Gasteiger partial charge in [0.15, 0.2) is 5.78 Å². The van der Waals surface area contributed by atoms with Crippen molar-refractivity contribution in [3.05, 3.63) is 11.6 Å². The highest BCUT2D eigenvalue weighted by Crippen LogP contribution is 2.67. The van der Waals surface area contributed by atoms with Crippen LogP contribution in [0, 0.1) is 52.3 Å². The zero-order valence-corrected chi connectivity index (χ0v) is 20.0. The topological polar surface area (TPSA) is 17.1 Å². The van der Waals surface area contributed by atoms with Crippen LogP contribution in [-0.4, -0.2) is 12.0 Å². The van der Waals surface area contributed by atoms with Gasteiger partial charge in [0.1, 0.15) is 0 Å². The number of alkyl halides is 3. The van der Waals surface area contributed by atoms with E-state index in [0.29, 0.717) is 35.9 Å². The fraction of sp³-hybridized carbons (Fsp3) is 0.889. The van der Waals surface area contributed by atoms with Crippen molar-refractivity contribution < 1.29 is 18.0 Å². The molecule has 0 spiro atoms. The first-order chi connectivity index (χ1) is 14.4. The number of hydrogen-bond donors (Lipinski definition) is 0. The van der Waals surface area contributed by atoms with Gasteiger partial charge in [-0.3, -0.25) is 4.79 Å². The van der Waals surface area contributed by atoms with Crippen LogP contribution in [0.25, 0.3) is 0 Å². The fourth-order valence-corrected chi connectivity index (χ4v) is 8.44. The maximum absolute atomic E-state index is 13.4. The summed E-state index contributed by atoms with van der Waals surface area (Å²) >= 11 is 0. The molecule has 0 bridgehead atoms. The van der Waals surface area contributed by atoms with E-state index in [9.17, 15) is 18.0 Å². The van der Waals surface area contributed by atoms with Crippen molar-refractivity contribution in [2.24, 2.45) is 52.3 Å². The number of carbonyl (C=O) groups excluding carboxylic acids is 1. The maximum Gasteiger partial charge on any atom is 0.391 e. The van der Waals surface area contributed by atoms with Gasteiger partial charge in [-0.15, -0.1) is 0 Å². The zero-order chi connectivity index (χ0) is 22.8. The standard InChI is InChI=1S/C27H41F3O/c1-16-10-12-25(4)19(14-16)15-23(31)24-21-9-8-20(26(21,5)13-11-22(24)25)17(2)6-7-18(3)27(28,29)30/h15-18,20-22,24H,6-14H2,1-5H3/t16-,17?,18?,20?,21?,22?,24?,25?,26?/m1/s1. The van der Waals surface area contributed by atoms with E-state index >= 15 is 0 Å². The van der Waals surface area contributed by atoms with Crippen molar-refractivity contribution >= 4 is 5.78 Å². The number of allylic oxidation sites excluding steroid dienone is 2. The third-order valence-corrected chi connectivity index (χ3v) is 10.6. The third-order valence-electron chi connectivity index (χ3n) is 10.6. The molecule has 4 aliphatic carbocycles. The molecule has 4 heteroatoms. The monoisotopic (exact) mass is 438 g/mol. The molecule has 9 atom stereocenters. The second kappa shape index (κ2) is 7.90. The zero-order valence-electron chi connectivity index (χ0n) is 20.0. The van der Waals surface area contributed by atoms with Crippen molar-refractivity contribution in [3.63, 3.8) is 0 Å². The molecule has 0 aromatic rings. The summed E-state index contributed by atoms with van der Waals surface area (Å²) in [5, 5.41) is 0. The van der Waals surface area contributed by atoms with Crippen molar-refractivity contribution in [1.82, 2.24) is 0 Å². The van der Waals surface area contributed by atoms with Gasteiger partial charge in [-0.05, 0) is 104 Å². The molecule has 0 aliphatic heterocycles. The Hall–Kier alpha value is -0.800. The molecule has 31 heavy (non-hydrogen) atoms. The molecule has 3 fully saturated rings. The molecule has 8 unspecified atom stereocenters. The fourth-order valence-electron chi connectivity index (χ4n) is 8.44. The number of hydrogen-bond acceptors (Lipinski definition) is 1. The minimum Gasteiger partial charge on any atom is -0.295 e. The summed E-state index contributed by atoms with van der Waals surface area (Å²) in [7, 11) is 0. The molecule has 176 valence electrons. The van der Waals surface area contributed by atoms with Gasteiger partial charge in [0.25, 0.3) is 0 Å². The molecule has 4 aliphatic rings. The number of ketones is 1. The van der Waals surface area contributed by atoms with E-state index in [1.54, 1.807) is 0 Å². The average Bonchev–Trinajstić information content (AvgIpc) is 3.03. The molecule has 0 amide bonds. The molecule has 0 N–H and O–H groups in total. The van der Waals surface area contributed by atoms with Crippen LogP contribution >= 0.6 is 0 Å². The lowest BCUT2D eigenvalue weighted by molar-refractivity contribution is -0.172. The molecular formula is C27H41F3O. The van der Waals surface area contributed by atoms with E-state index in [0.717, 1.165) is 32.1 Å². The highest BCUT2D eigenvalue weighted by atomic mass is 19.4. The van der Waals surface area contributed by atoms with E-state index < -0.39 is 12.1 Å². The largest absolute Gasteiger partial charge is 0.391 e. The Balaban J connectivity index is 1.52. The normalized spacial score (nSPS) is 44.7. The predicted octanol–water partition coefficient (Wildman–Crippen LogP) is 8.00. The first-order valence-electron chi connectivity index (χ1n) is 12.7. The Labute approximate surface area is 186 Å². The lowest BCUT2D eigenvalue weighted by atomic mass is 9.46. The van der Waals surface area contributed by atoms with Gasteiger partial charge in [0.2, 0.25) is 0 Å². The molecule has 0 aromatic carbocycles. The molecule has 0 aromatic heterocycles. The summed E-state index contributed by atoms with van der Waals surface area (Å²) in [6.07, 6.45) is 6.71. The summed E-state index contributed by atoms with van der Waals surface area (Å²) in [4.78, 5) is 13.4. The van der Waals surface area contributed by atoms with Crippen molar-refractivity contribution in [1.29, 1.82) is 0 Å². The summed E-state index contributed by atoms with van der Waals surface area (Å²) in [5.74, 6) is 1.53. The molecule has 1 nitrogen and oxygen atoms in total. The van der Waals surface area contributed by atoms with Crippen LogP contribution in [-0.2, 0) is 4.79 Å². The number of halogens is 3. The molecule has 3 saturated carbocycles. The Kier molecular flexibility index (Phi) is 5.96. The number of carbonyl (C=O) groups is 1. The van der Waals surface area contributed by atoms with E-state index in [1.165, 1.54) is 25.3 Å². The first-order valence-corrected chi connectivity index (χ1v) is 12.7. The number of fused-ring (bicyclic) bond motifs is 5. The third kappa shape index (κ3) is 3.82. The van der Waals surface area contributed by atoms with E-state index in [-0.39, 0.29) is 29.1 Å². The van der Waals surface area contributed by atoms with Gasteiger partial charge in [-0.1, -0.05) is 40.2 Å². The molecule has 0 radical (unpaired) electrons. The van der Waals surface area contributed by atoms with Crippen LogP contribution in [0.2, 0.25) is 0 Å². The Morgan fingerprint density at radius 3 is 2.42 bits per heavy atom. The van der Waals surface area contributed by atoms with Gasteiger partial charge in [-0.2, -0.15) is 13.2 Å². The van der Waals surface area contributed by atoms with Crippen LogP contribution in [0.1, 0.15) is 92.4 Å². The Morgan fingerprint density at radius 2 is 1.74 bits per heavy atom. The second-order valence-electron chi connectivity index (χ2n) is 12.3. The number of rotatable bonds is 4. The lowest BCUT2D eigenvalue weighted by Crippen LogP contribution is -2.53. The van der Waals surface area contributed by atoms with Gasteiger partial charge >= 0.3 is 6.18 Å². The van der Waals surface area contributed by atoms with Crippen LogP contribution in [0.4, 0.5) is 13.2 Å². The minimum atomic E-state index is -4.09. The highest BCUT2D eigenvalue weighted by Gasteiger charge is 2.61. The molecule has 0 saturated heterocycles. The van der Waals surface area contributed by atoms with Crippen LogP contribution < -0.4 is 0 Å². The van der Waals surface area contributed by atoms with Gasteiger partial charge in [0.05, 0.1) is 5.92 Å². The predicted molar refractivity (Wildman–Crippen MR) is 118 cm³/mol. The van der Waals surface area contributed by atoms with Gasteiger partial charge in [-0.25, -0.2) is 0 Å². The van der Waals surface area contributed by atoms with E-state index in [1.807, 2.05) is 6.08 Å². The van der Waals surface area contributed by atoms with Crippen molar-refractivity contribution in [2.45, 2.75) is 98.6 Å². The smallest absolute Gasteiger partial charge is 0.295 e. The van der Waals surface area contributed by atoms with Crippen LogP contribution in [0.5, 0.6) is 0 Å². The quantitative estimate of drug-likeness (QED) is 0.434. The van der Waals surface area contributed by atoms with Crippen molar-refractivity contribution in [3.8, 4) is 0 Å². The Morgan fingerprint density at radius 1 is 1.03 bits per heavy atom. The lowest BCUT2D eigenvalue weighted by Gasteiger charge is -2.57. The van der Waals surface area contributed by atoms with Crippen LogP contribution in [0.15, 0.2) is 11.6 Å². The first kappa shape index (κ1) is 23.4. The van der Waals surface area contributed by atoms with E-state index in [2.05, 4.69) is 27.7 Å². The van der Waals surface area contributed by atoms with Gasteiger partial charge < -0.3 is 0 Å². The van der Waals surface area contributed by atoms with Crippen molar-refractivity contribution in [2.75, 3.05) is 0 Å². The van der Waals surface area contributed by atoms with Crippen LogP contribution in [0.3, 0.4) is 0 Å². The highest BCUT2D eigenvalue weighted by molar-refractivity contribution is 5.94.